The van der Waals surface area contributed by atoms with E-state index in [1.807, 2.05) is 26.0 Å². The Morgan fingerprint density at radius 2 is 2.05 bits per heavy atom. The van der Waals surface area contributed by atoms with Crippen molar-refractivity contribution in [1.29, 1.82) is 0 Å². The Kier molecular flexibility index (Phi) is 5.15. The van der Waals surface area contributed by atoms with Crippen LogP contribution in [0.4, 0.5) is 0 Å². The zero-order valence-electron chi connectivity index (χ0n) is 11.8. The minimum atomic E-state index is -0.249. The Bertz CT molecular complexity index is 632. The van der Waals surface area contributed by atoms with Crippen LogP contribution in [0.25, 0.3) is 0 Å². The second-order valence-corrected chi connectivity index (χ2v) is 5.65. The van der Waals surface area contributed by atoms with Gasteiger partial charge in [-0.15, -0.1) is 0 Å². The lowest BCUT2D eigenvalue weighted by Gasteiger charge is -2.26. The molecule has 0 spiro atoms. The Hall–Kier alpha value is -1.65. The molecule has 0 saturated heterocycles. The first-order valence-corrected chi connectivity index (χ1v) is 7.26. The first-order chi connectivity index (χ1) is 9.99. The third-order valence-electron chi connectivity index (χ3n) is 2.97. The van der Waals surface area contributed by atoms with Gasteiger partial charge in [0.2, 0.25) is 0 Å². The van der Waals surface area contributed by atoms with Crippen molar-refractivity contribution in [2.75, 3.05) is 0 Å². The van der Waals surface area contributed by atoms with Crippen LogP contribution in [0.5, 0.6) is 0 Å². The van der Waals surface area contributed by atoms with E-state index < -0.39 is 0 Å². The second-order valence-electron chi connectivity index (χ2n) is 4.85. The highest BCUT2D eigenvalue weighted by atomic mass is 35.5. The number of halogens is 2. The Labute approximate surface area is 133 Å². The lowest BCUT2D eigenvalue weighted by atomic mass is 10.2. The highest BCUT2D eigenvalue weighted by Crippen LogP contribution is 2.20. The van der Waals surface area contributed by atoms with Gasteiger partial charge in [0.25, 0.3) is 5.91 Å². The summed E-state index contributed by atoms with van der Waals surface area (Å²) in [6.45, 7) is 4.31. The maximum atomic E-state index is 12.7. The van der Waals surface area contributed by atoms with Crippen LogP contribution >= 0.6 is 23.2 Å². The first-order valence-electron chi connectivity index (χ1n) is 6.51. The Balaban J connectivity index is 2.30. The van der Waals surface area contributed by atoms with Crippen LogP contribution in [-0.4, -0.2) is 26.8 Å². The molecule has 21 heavy (non-hydrogen) atoms. The molecule has 0 radical (unpaired) electrons. The highest BCUT2D eigenvalue weighted by Gasteiger charge is 2.23. The van der Waals surface area contributed by atoms with Crippen molar-refractivity contribution in [2.24, 2.45) is 0 Å². The van der Waals surface area contributed by atoms with Crippen molar-refractivity contribution < 1.29 is 4.79 Å². The molecule has 2 heterocycles. The molecule has 0 aromatic carbocycles. The van der Waals surface area contributed by atoms with E-state index in [9.17, 15) is 4.79 Å². The number of aromatic nitrogens is 2. The first kappa shape index (κ1) is 15.7. The van der Waals surface area contributed by atoms with Crippen LogP contribution in [0.1, 0.15) is 29.9 Å². The van der Waals surface area contributed by atoms with E-state index in [-0.39, 0.29) is 22.8 Å². The number of carbonyl (C=O) groups is 1. The smallest absolute Gasteiger partial charge is 0.274 e. The molecule has 0 atom stereocenters. The van der Waals surface area contributed by atoms with Crippen LogP contribution < -0.4 is 0 Å². The molecular weight excluding hydrogens is 309 g/mol. The zero-order chi connectivity index (χ0) is 15.4. The van der Waals surface area contributed by atoms with Crippen molar-refractivity contribution >= 4 is 29.1 Å². The van der Waals surface area contributed by atoms with Gasteiger partial charge in [-0.3, -0.25) is 9.78 Å². The van der Waals surface area contributed by atoms with E-state index in [2.05, 4.69) is 9.97 Å². The van der Waals surface area contributed by atoms with Crippen molar-refractivity contribution in [3.8, 4) is 0 Å². The average molecular weight is 324 g/mol. The van der Waals surface area contributed by atoms with Gasteiger partial charge >= 0.3 is 0 Å². The zero-order valence-corrected chi connectivity index (χ0v) is 13.3. The number of hydrogen-bond donors (Lipinski definition) is 0. The van der Waals surface area contributed by atoms with Crippen LogP contribution in [0, 0.1) is 0 Å². The van der Waals surface area contributed by atoms with Crippen LogP contribution in [0.15, 0.2) is 36.7 Å². The number of hydrogen-bond acceptors (Lipinski definition) is 3. The molecule has 0 bridgehead atoms. The number of carbonyl (C=O) groups excluding carboxylic acids is 1. The van der Waals surface area contributed by atoms with Gasteiger partial charge in [0.15, 0.2) is 0 Å². The summed E-state index contributed by atoms with van der Waals surface area (Å²) in [5.41, 5.74) is 1.11. The monoisotopic (exact) mass is 323 g/mol. The van der Waals surface area contributed by atoms with E-state index in [4.69, 9.17) is 23.2 Å². The van der Waals surface area contributed by atoms with Crippen molar-refractivity contribution in [3.05, 3.63) is 58.1 Å². The topological polar surface area (TPSA) is 46.1 Å². The number of amides is 1. The highest BCUT2D eigenvalue weighted by molar-refractivity contribution is 6.34. The van der Waals surface area contributed by atoms with Gasteiger partial charge in [-0.05, 0) is 37.6 Å². The molecule has 6 heteroatoms. The van der Waals surface area contributed by atoms with E-state index >= 15 is 0 Å². The lowest BCUT2D eigenvalue weighted by Crippen LogP contribution is -2.37. The standard InChI is InChI=1S/C15H15Cl2N3O/c1-10(2)20(9-11-4-3-7-18-8-11)15(21)14-12(16)5-6-13(17)19-14/h3-8,10H,9H2,1-2H3. The third kappa shape index (κ3) is 3.93. The van der Waals surface area contributed by atoms with Gasteiger partial charge in [0.05, 0.1) is 5.02 Å². The predicted molar refractivity (Wildman–Crippen MR) is 83.5 cm³/mol. The molecule has 4 nitrogen and oxygen atoms in total. The van der Waals surface area contributed by atoms with Crippen LogP contribution in [-0.2, 0) is 6.54 Å². The van der Waals surface area contributed by atoms with Crippen LogP contribution in [0.3, 0.4) is 0 Å². The minimum Gasteiger partial charge on any atom is -0.330 e. The Morgan fingerprint density at radius 3 is 2.67 bits per heavy atom. The van der Waals surface area contributed by atoms with E-state index in [1.165, 1.54) is 0 Å². The molecule has 0 fully saturated rings. The van der Waals surface area contributed by atoms with Crippen LogP contribution in [0.2, 0.25) is 10.2 Å². The van der Waals surface area contributed by atoms with E-state index in [0.717, 1.165) is 5.56 Å². The summed E-state index contributed by atoms with van der Waals surface area (Å²) in [5, 5.41) is 0.536. The van der Waals surface area contributed by atoms with Gasteiger partial charge in [0.1, 0.15) is 10.8 Å². The summed E-state index contributed by atoms with van der Waals surface area (Å²) in [7, 11) is 0. The van der Waals surface area contributed by atoms with Crippen molar-refractivity contribution in [2.45, 2.75) is 26.4 Å². The fraction of sp³-hybridized carbons (Fsp3) is 0.267. The van der Waals surface area contributed by atoms with Gasteiger partial charge in [-0.2, -0.15) is 0 Å². The quantitative estimate of drug-likeness (QED) is 0.803. The molecule has 1 amide bonds. The molecule has 0 saturated carbocycles. The van der Waals surface area contributed by atoms with Gasteiger partial charge in [0, 0.05) is 25.0 Å². The van der Waals surface area contributed by atoms with E-state index in [1.54, 1.807) is 29.4 Å². The number of pyridine rings is 2. The molecule has 0 aliphatic carbocycles. The summed E-state index contributed by atoms with van der Waals surface area (Å²) in [4.78, 5) is 22.5. The number of rotatable bonds is 4. The average Bonchev–Trinajstić information content (AvgIpc) is 2.47. The SMILES string of the molecule is CC(C)N(Cc1cccnc1)C(=O)c1nc(Cl)ccc1Cl. The molecule has 2 rings (SSSR count). The maximum Gasteiger partial charge on any atom is 0.274 e. The van der Waals surface area contributed by atoms with Gasteiger partial charge in [-0.1, -0.05) is 29.3 Å². The van der Waals surface area contributed by atoms with Gasteiger partial charge < -0.3 is 4.90 Å². The normalized spacial score (nSPS) is 10.7. The fourth-order valence-corrected chi connectivity index (χ4v) is 2.22. The summed E-state index contributed by atoms with van der Waals surface area (Å²) < 4.78 is 0. The molecule has 0 aliphatic rings. The minimum absolute atomic E-state index is 0.00504. The predicted octanol–water partition coefficient (Wildman–Crippen LogP) is 3.83. The van der Waals surface area contributed by atoms with Crippen molar-refractivity contribution in [1.82, 2.24) is 14.9 Å². The molecule has 2 aromatic heterocycles. The van der Waals surface area contributed by atoms with Gasteiger partial charge in [-0.25, -0.2) is 4.98 Å². The summed E-state index contributed by atoms with van der Waals surface area (Å²) in [6, 6.07) is 6.88. The molecule has 0 N–H and O–H groups in total. The molecule has 0 unspecified atom stereocenters. The van der Waals surface area contributed by atoms with Crippen molar-refractivity contribution in [3.63, 3.8) is 0 Å². The largest absolute Gasteiger partial charge is 0.330 e. The molecular formula is C15H15Cl2N3O. The summed E-state index contributed by atoms with van der Waals surface area (Å²) in [5.74, 6) is -0.249. The number of nitrogens with zero attached hydrogens (tertiary/aromatic N) is 3. The Morgan fingerprint density at radius 1 is 1.29 bits per heavy atom. The summed E-state index contributed by atoms with van der Waals surface area (Å²) in [6.07, 6.45) is 3.43. The molecule has 0 aliphatic heterocycles. The maximum absolute atomic E-state index is 12.7. The molecule has 2 aromatic rings. The lowest BCUT2D eigenvalue weighted by molar-refractivity contribution is 0.0684. The third-order valence-corrected chi connectivity index (χ3v) is 3.49. The fourth-order valence-electron chi connectivity index (χ4n) is 1.88. The second kappa shape index (κ2) is 6.87. The van der Waals surface area contributed by atoms with E-state index in [0.29, 0.717) is 11.6 Å². The summed E-state index contributed by atoms with van der Waals surface area (Å²) >= 11 is 11.9. The molecule has 110 valence electrons.